The van der Waals surface area contributed by atoms with Crippen LogP contribution in [0.4, 0.5) is 15.8 Å². The Balaban J connectivity index is 1.69. The third kappa shape index (κ3) is 4.24. The number of hydrogen-bond donors (Lipinski definition) is 2. The maximum Gasteiger partial charge on any atom is 0.271 e. The number of carbonyl (C=O) groups is 2. The maximum atomic E-state index is 14.0. The smallest absolute Gasteiger partial charge is 0.271 e. The van der Waals surface area contributed by atoms with Gasteiger partial charge in [-0.2, -0.15) is 15.2 Å². The number of para-hydroxylation sites is 1. The lowest BCUT2D eigenvalue weighted by Crippen LogP contribution is -2.35. The largest absolute Gasteiger partial charge is 0.399 e. The van der Waals surface area contributed by atoms with E-state index in [1.807, 2.05) is 6.07 Å². The van der Waals surface area contributed by atoms with Gasteiger partial charge in [-0.05, 0) is 55.5 Å². The minimum Gasteiger partial charge on any atom is -0.399 e. The molecule has 1 atom stereocenters. The zero-order valence-corrected chi connectivity index (χ0v) is 17.2. The summed E-state index contributed by atoms with van der Waals surface area (Å²) in [5.74, 6) is -2.21. The molecule has 2 amide bonds. The summed E-state index contributed by atoms with van der Waals surface area (Å²) in [6.45, 7) is 1.70. The van der Waals surface area contributed by atoms with Crippen molar-refractivity contribution < 1.29 is 14.0 Å². The molecule has 1 aliphatic heterocycles. The molecular weight excluding hydrogens is 409 g/mol. The van der Waals surface area contributed by atoms with E-state index in [4.69, 9.17) is 5.73 Å². The standard InChI is InChI=1S/C24H20FN5O2/c1-15-21(24(32)30(29-15)20-8-3-2-4-9-20)22(17-6-5-7-18(25)14-17)27-28-23(31)16-10-12-19(26)13-11-16/h2-14,21H,26H2,1H3,(H,28,31)/b27-22+. The lowest BCUT2D eigenvalue weighted by Gasteiger charge is -2.16. The van der Waals surface area contributed by atoms with E-state index in [2.05, 4.69) is 15.6 Å². The summed E-state index contributed by atoms with van der Waals surface area (Å²) >= 11 is 0. The SMILES string of the molecule is CC1=NN(c2ccccc2)C(=O)C1/C(=N/NC(=O)c1ccc(N)cc1)c1cccc(F)c1. The fourth-order valence-corrected chi connectivity index (χ4v) is 3.39. The van der Waals surface area contributed by atoms with E-state index in [0.717, 1.165) is 0 Å². The van der Waals surface area contributed by atoms with Gasteiger partial charge in [0.2, 0.25) is 0 Å². The number of nitrogens with one attached hydrogen (secondary N) is 1. The molecule has 0 aromatic heterocycles. The van der Waals surface area contributed by atoms with Crippen molar-refractivity contribution in [1.29, 1.82) is 0 Å². The minimum atomic E-state index is -0.885. The first kappa shape index (κ1) is 20.9. The van der Waals surface area contributed by atoms with E-state index < -0.39 is 17.6 Å². The van der Waals surface area contributed by atoms with E-state index >= 15 is 0 Å². The topological polar surface area (TPSA) is 100 Å². The Morgan fingerprint density at radius 1 is 1.03 bits per heavy atom. The number of nitrogens with zero attached hydrogens (tertiary/aromatic N) is 3. The van der Waals surface area contributed by atoms with Gasteiger partial charge < -0.3 is 5.73 Å². The Kier molecular flexibility index (Phi) is 5.76. The molecule has 4 rings (SSSR count). The maximum absolute atomic E-state index is 14.0. The second-order valence-corrected chi connectivity index (χ2v) is 7.23. The molecule has 1 unspecified atom stereocenters. The van der Waals surface area contributed by atoms with Gasteiger partial charge in [0.25, 0.3) is 11.8 Å². The van der Waals surface area contributed by atoms with Gasteiger partial charge in [0.15, 0.2) is 0 Å². The normalized spacial score (nSPS) is 16.1. The number of halogens is 1. The van der Waals surface area contributed by atoms with E-state index in [0.29, 0.717) is 28.2 Å². The van der Waals surface area contributed by atoms with Crippen LogP contribution in [0.2, 0.25) is 0 Å². The zero-order valence-electron chi connectivity index (χ0n) is 17.2. The van der Waals surface area contributed by atoms with Crippen molar-refractivity contribution in [3.8, 4) is 0 Å². The molecule has 0 spiro atoms. The Morgan fingerprint density at radius 3 is 2.44 bits per heavy atom. The van der Waals surface area contributed by atoms with Crippen molar-refractivity contribution in [1.82, 2.24) is 5.43 Å². The van der Waals surface area contributed by atoms with Crippen molar-refractivity contribution in [3.05, 3.63) is 95.8 Å². The average molecular weight is 429 g/mol. The molecule has 1 aliphatic rings. The average Bonchev–Trinajstić information content (AvgIpc) is 3.09. The fraction of sp³-hybridized carbons (Fsp3) is 0.0833. The Bertz CT molecular complexity index is 1220. The first-order chi connectivity index (χ1) is 15.4. The van der Waals surface area contributed by atoms with Gasteiger partial charge >= 0.3 is 0 Å². The highest BCUT2D eigenvalue weighted by Gasteiger charge is 2.39. The summed E-state index contributed by atoms with van der Waals surface area (Å²) in [7, 11) is 0. The van der Waals surface area contributed by atoms with Crippen molar-refractivity contribution in [2.45, 2.75) is 6.92 Å². The third-order valence-corrected chi connectivity index (χ3v) is 4.98. The van der Waals surface area contributed by atoms with Gasteiger partial charge in [-0.25, -0.2) is 9.82 Å². The van der Waals surface area contributed by atoms with Crippen LogP contribution >= 0.6 is 0 Å². The molecular formula is C24H20FN5O2. The number of rotatable bonds is 5. The molecule has 0 saturated carbocycles. The molecule has 3 aromatic rings. The molecule has 0 fully saturated rings. The van der Waals surface area contributed by atoms with Crippen molar-refractivity contribution >= 4 is 34.6 Å². The number of hydrogen-bond acceptors (Lipinski definition) is 5. The molecule has 8 heteroatoms. The van der Waals surface area contributed by atoms with Crippen LogP contribution in [0.15, 0.2) is 89.1 Å². The highest BCUT2D eigenvalue weighted by atomic mass is 19.1. The van der Waals surface area contributed by atoms with Crippen LogP contribution < -0.4 is 16.2 Å². The van der Waals surface area contributed by atoms with Gasteiger partial charge in [0, 0.05) is 16.8 Å². The summed E-state index contributed by atoms with van der Waals surface area (Å²) in [5.41, 5.74) is 10.6. The van der Waals surface area contributed by atoms with Gasteiger partial charge in [-0.3, -0.25) is 9.59 Å². The highest BCUT2D eigenvalue weighted by molar-refractivity contribution is 6.32. The van der Waals surface area contributed by atoms with Crippen LogP contribution in [0.3, 0.4) is 0 Å². The first-order valence-electron chi connectivity index (χ1n) is 9.87. The van der Waals surface area contributed by atoms with Crippen LogP contribution in [0.5, 0.6) is 0 Å². The molecule has 0 bridgehead atoms. The Labute approximate surface area is 184 Å². The monoisotopic (exact) mass is 429 g/mol. The predicted molar refractivity (Wildman–Crippen MR) is 122 cm³/mol. The number of amides is 2. The van der Waals surface area contributed by atoms with Crippen LogP contribution in [0.1, 0.15) is 22.8 Å². The van der Waals surface area contributed by atoms with Gasteiger partial charge in [0.05, 0.1) is 17.1 Å². The molecule has 0 aliphatic carbocycles. The lowest BCUT2D eigenvalue weighted by molar-refractivity contribution is -0.118. The van der Waals surface area contributed by atoms with E-state index in [1.165, 1.54) is 23.2 Å². The number of nitrogens with two attached hydrogens (primary N) is 1. The van der Waals surface area contributed by atoms with Crippen molar-refractivity contribution in [2.75, 3.05) is 10.7 Å². The molecule has 3 aromatic carbocycles. The number of benzene rings is 3. The predicted octanol–water partition coefficient (Wildman–Crippen LogP) is 3.58. The van der Waals surface area contributed by atoms with Crippen molar-refractivity contribution in [2.24, 2.45) is 16.1 Å². The van der Waals surface area contributed by atoms with Crippen molar-refractivity contribution in [3.63, 3.8) is 0 Å². The van der Waals surface area contributed by atoms with Crippen LogP contribution in [0, 0.1) is 11.7 Å². The Hall–Kier alpha value is -4.33. The first-order valence-corrected chi connectivity index (χ1v) is 9.87. The van der Waals surface area contributed by atoms with E-state index in [9.17, 15) is 14.0 Å². The summed E-state index contributed by atoms with van der Waals surface area (Å²) in [6.07, 6.45) is 0. The molecule has 32 heavy (non-hydrogen) atoms. The quantitative estimate of drug-likeness (QED) is 0.368. The van der Waals surface area contributed by atoms with Crippen LogP contribution in [-0.4, -0.2) is 23.2 Å². The summed E-state index contributed by atoms with van der Waals surface area (Å²) in [5, 5.41) is 9.91. The summed E-state index contributed by atoms with van der Waals surface area (Å²) in [6, 6.07) is 21.0. The van der Waals surface area contributed by atoms with Crippen LogP contribution in [-0.2, 0) is 4.79 Å². The summed E-state index contributed by atoms with van der Waals surface area (Å²) in [4.78, 5) is 25.8. The lowest BCUT2D eigenvalue weighted by atomic mass is 9.92. The molecule has 7 nitrogen and oxygen atoms in total. The second-order valence-electron chi connectivity index (χ2n) is 7.23. The molecule has 1 heterocycles. The molecule has 0 saturated heterocycles. The number of hydrazone groups is 2. The van der Waals surface area contributed by atoms with Gasteiger partial charge in [-0.15, -0.1) is 0 Å². The summed E-state index contributed by atoms with van der Waals surface area (Å²) < 4.78 is 14.0. The Morgan fingerprint density at radius 2 is 1.75 bits per heavy atom. The fourth-order valence-electron chi connectivity index (χ4n) is 3.39. The van der Waals surface area contributed by atoms with Crippen LogP contribution in [0.25, 0.3) is 0 Å². The van der Waals surface area contributed by atoms with Gasteiger partial charge in [-0.1, -0.05) is 30.3 Å². The molecule has 0 radical (unpaired) electrons. The molecule has 3 N–H and O–H groups in total. The highest BCUT2D eigenvalue weighted by Crippen LogP contribution is 2.26. The minimum absolute atomic E-state index is 0.193. The number of carbonyl (C=O) groups excluding carboxylic acids is 2. The molecule has 160 valence electrons. The van der Waals surface area contributed by atoms with E-state index in [1.54, 1.807) is 61.5 Å². The van der Waals surface area contributed by atoms with Gasteiger partial charge in [0.1, 0.15) is 11.7 Å². The third-order valence-electron chi connectivity index (χ3n) is 4.98. The second kappa shape index (κ2) is 8.81. The number of anilines is 2. The number of nitrogen functional groups attached to an aromatic ring is 1. The van der Waals surface area contributed by atoms with E-state index in [-0.39, 0.29) is 11.6 Å². The zero-order chi connectivity index (χ0) is 22.7.